The third-order valence-electron chi connectivity index (χ3n) is 7.79. The summed E-state index contributed by atoms with van der Waals surface area (Å²) >= 11 is 0. The van der Waals surface area contributed by atoms with Gasteiger partial charge in [0.1, 0.15) is 18.0 Å². The molecule has 4 rings (SSSR count). The molecule has 222 valence electrons. The Labute approximate surface area is 248 Å². The number of benzene rings is 3. The second-order valence-corrected chi connectivity index (χ2v) is 10.8. The van der Waals surface area contributed by atoms with E-state index in [-0.39, 0.29) is 24.4 Å². The molecule has 8 nitrogen and oxygen atoms in total. The van der Waals surface area contributed by atoms with Gasteiger partial charge >= 0.3 is 0 Å². The molecule has 0 fully saturated rings. The highest BCUT2D eigenvalue weighted by Gasteiger charge is 2.27. The van der Waals surface area contributed by atoms with E-state index in [1.807, 2.05) is 56.1 Å². The fourth-order valence-electron chi connectivity index (χ4n) is 5.00. The maximum absolute atomic E-state index is 14.0. The molecule has 0 spiro atoms. The van der Waals surface area contributed by atoms with E-state index in [2.05, 4.69) is 41.4 Å². The number of aromatic nitrogens is 1. The molecule has 2 amide bonds. The van der Waals surface area contributed by atoms with Crippen LogP contribution in [0.1, 0.15) is 41.8 Å². The lowest BCUT2D eigenvalue weighted by atomic mass is 10.1. The maximum Gasteiger partial charge on any atom is 0.254 e. The van der Waals surface area contributed by atoms with Crippen molar-refractivity contribution in [1.82, 2.24) is 14.8 Å². The van der Waals surface area contributed by atoms with Gasteiger partial charge in [-0.1, -0.05) is 37.3 Å². The van der Waals surface area contributed by atoms with Crippen LogP contribution in [0.15, 0.2) is 72.9 Å². The summed E-state index contributed by atoms with van der Waals surface area (Å²) in [5.74, 6) is 0.709. The number of hydrogen-bond acceptors (Lipinski definition) is 5. The van der Waals surface area contributed by atoms with Crippen LogP contribution in [-0.2, 0) is 17.8 Å². The van der Waals surface area contributed by atoms with Crippen LogP contribution in [-0.4, -0.2) is 74.0 Å². The standard InChI is InChI=1S/C34H42N4O4/c1-7-24(2)38(34(40)27-18-29(41-5)20-30(19-27)42-6)23-33(39)37(22-25-12-14-28(15-13-25)36(3)4)17-16-26-21-35-32-11-9-8-10-31(26)32/h8-15,18-21,24,35H,7,16-17,22-23H2,1-6H3. The summed E-state index contributed by atoms with van der Waals surface area (Å²) in [5, 5.41) is 1.16. The van der Waals surface area contributed by atoms with Crippen LogP contribution in [0, 0.1) is 0 Å². The summed E-state index contributed by atoms with van der Waals surface area (Å²) in [6, 6.07) is 21.4. The topological polar surface area (TPSA) is 78.1 Å². The van der Waals surface area contributed by atoms with Gasteiger partial charge in [0.15, 0.2) is 0 Å². The summed E-state index contributed by atoms with van der Waals surface area (Å²) in [6.07, 6.45) is 3.42. The third-order valence-corrected chi connectivity index (χ3v) is 7.79. The maximum atomic E-state index is 14.0. The molecule has 0 bridgehead atoms. The molecule has 0 saturated carbocycles. The summed E-state index contributed by atoms with van der Waals surface area (Å²) in [5.41, 5.74) is 4.78. The number of aromatic amines is 1. The zero-order chi connectivity index (χ0) is 30.2. The minimum absolute atomic E-state index is 0.0307. The second kappa shape index (κ2) is 13.9. The quantitative estimate of drug-likeness (QED) is 0.221. The molecule has 1 unspecified atom stereocenters. The Morgan fingerprint density at radius 1 is 0.929 bits per heavy atom. The van der Waals surface area contributed by atoms with Crippen molar-refractivity contribution in [1.29, 1.82) is 0 Å². The number of anilines is 1. The van der Waals surface area contributed by atoms with Crippen molar-refractivity contribution in [2.75, 3.05) is 46.3 Å². The fraction of sp³-hybridized carbons (Fsp3) is 0.353. The number of ether oxygens (including phenoxy) is 2. The van der Waals surface area contributed by atoms with Gasteiger partial charge in [-0.2, -0.15) is 0 Å². The van der Waals surface area contributed by atoms with Crippen LogP contribution >= 0.6 is 0 Å². The van der Waals surface area contributed by atoms with Gasteiger partial charge in [0.25, 0.3) is 5.91 Å². The van der Waals surface area contributed by atoms with Gasteiger partial charge in [-0.15, -0.1) is 0 Å². The predicted molar refractivity (Wildman–Crippen MR) is 169 cm³/mol. The van der Waals surface area contributed by atoms with Crippen LogP contribution in [0.2, 0.25) is 0 Å². The Bertz CT molecular complexity index is 1470. The van der Waals surface area contributed by atoms with Crippen LogP contribution < -0.4 is 14.4 Å². The first-order chi connectivity index (χ1) is 20.2. The van der Waals surface area contributed by atoms with Crippen molar-refractivity contribution < 1.29 is 19.1 Å². The van der Waals surface area contributed by atoms with E-state index < -0.39 is 0 Å². The fourth-order valence-corrected chi connectivity index (χ4v) is 5.00. The summed E-state index contributed by atoms with van der Waals surface area (Å²) in [4.78, 5) is 36.8. The third kappa shape index (κ3) is 7.24. The van der Waals surface area contributed by atoms with E-state index in [4.69, 9.17) is 9.47 Å². The molecule has 42 heavy (non-hydrogen) atoms. The molecule has 1 atom stereocenters. The first-order valence-electron chi connectivity index (χ1n) is 14.4. The molecular weight excluding hydrogens is 528 g/mol. The number of rotatable bonds is 13. The van der Waals surface area contributed by atoms with E-state index in [1.165, 1.54) is 0 Å². The van der Waals surface area contributed by atoms with Crippen molar-refractivity contribution in [2.45, 2.75) is 39.3 Å². The van der Waals surface area contributed by atoms with E-state index in [9.17, 15) is 9.59 Å². The highest BCUT2D eigenvalue weighted by molar-refractivity contribution is 5.97. The average Bonchev–Trinajstić information content (AvgIpc) is 3.43. The van der Waals surface area contributed by atoms with E-state index in [0.717, 1.165) is 27.7 Å². The van der Waals surface area contributed by atoms with Crippen molar-refractivity contribution in [2.24, 2.45) is 0 Å². The van der Waals surface area contributed by atoms with Crippen LogP contribution in [0.5, 0.6) is 11.5 Å². The lowest BCUT2D eigenvalue weighted by Crippen LogP contribution is -2.46. The van der Waals surface area contributed by atoms with Crippen molar-refractivity contribution in [3.8, 4) is 11.5 Å². The number of fused-ring (bicyclic) bond motifs is 1. The number of nitrogens with zero attached hydrogens (tertiary/aromatic N) is 3. The van der Waals surface area contributed by atoms with Gasteiger partial charge in [0.05, 0.1) is 14.2 Å². The highest BCUT2D eigenvalue weighted by Crippen LogP contribution is 2.25. The summed E-state index contributed by atoms with van der Waals surface area (Å²) in [7, 11) is 7.11. The molecule has 0 aliphatic carbocycles. The van der Waals surface area contributed by atoms with Crippen LogP contribution in [0.4, 0.5) is 5.69 Å². The lowest BCUT2D eigenvalue weighted by Gasteiger charge is -2.31. The molecule has 0 aliphatic heterocycles. The number of amides is 2. The molecule has 0 saturated heterocycles. The zero-order valence-corrected chi connectivity index (χ0v) is 25.5. The monoisotopic (exact) mass is 570 g/mol. The smallest absolute Gasteiger partial charge is 0.254 e. The van der Waals surface area contributed by atoms with Gasteiger partial charge in [-0.25, -0.2) is 0 Å². The number of H-pyrrole nitrogens is 1. The van der Waals surface area contributed by atoms with E-state index in [0.29, 0.717) is 43.0 Å². The van der Waals surface area contributed by atoms with Crippen molar-refractivity contribution in [3.05, 3.63) is 89.6 Å². The second-order valence-electron chi connectivity index (χ2n) is 10.8. The van der Waals surface area contributed by atoms with E-state index >= 15 is 0 Å². The van der Waals surface area contributed by atoms with Crippen molar-refractivity contribution >= 4 is 28.4 Å². The summed E-state index contributed by atoms with van der Waals surface area (Å²) in [6.45, 7) is 4.93. The molecule has 3 aromatic carbocycles. The normalized spacial score (nSPS) is 11.7. The Hall–Kier alpha value is -4.46. The number of carbonyl (C=O) groups is 2. The number of nitrogens with one attached hydrogen (secondary N) is 1. The predicted octanol–water partition coefficient (Wildman–Crippen LogP) is 5.76. The van der Waals surface area contributed by atoms with Gasteiger partial charge < -0.3 is 29.2 Å². The number of para-hydroxylation sites is 1. The van der Waals surface area contributed by atoms with Gasteiger partial charge in [-0.3, -0.25) is 9.59 Å². The lowest BCUT2D eigenvalue weighted by molar-refractivity contribution is -0.133. The number of hydrogen-bond donors (Lipinski definition) is 1. The van der Waals surface area contributed by atoms with Crippen molar-refractivity contribution in [3.63, 3.8) is 0 Å². The molecule has 0 radical (unpaired) electrons. The Morgan fingerprint density at radius 2 is 1.60 bits per heavy atom. The first kappa shape index (κ1) is 30.5. The van der Waals surface area contributed by atoms with Gasteiger partial charge in [0.2, 0.25) is 5.91 Å². The Morgan fingerprint density at radius 3 is 2.21 bits per heavy atom. The van der Waals surface area contributed by atoms with Gasteiger partial charge in [0, 0.05) is 67.6 Å². The molecule has 1 aromatic heterocycles. The molecule has 1 heterocycles. The minimum atomic E-state index is -0.234. The Balaban J connectivity index is 1.60. The number of methoxy groups -OCH3 is 2. The Kier molecular flexibility index (Phi) is 10.1. The molecule has 4 aromatic rings. The summed E-state index contributed by atoms with van der Waals surface area (Å²) < 4.78 is 10.8. The minimum Gasteiger partial charge on any atom is -0.497 e. The highest BCUT2D eigenvalue weighted by atomic mass is 16.5. The number of carbonyl (C=O) groups excluding carboxylic acids is 2. The first-order valence-corrected chi connectivity index (χ1v) is 14.4. The largest absolute Gasteiger partial charge is 0.497 e. The van der Waals surface area contributed by atoms with Gasteiger partial charge in [-0.05, 0) is 61.2 Å². The molecular formula is C34H42N4O4. The van der Waals surface area contributed by atoms with Crippen LogP contribution in [0.25, 0.3) is 10.9 Å². The van der Waals surface area contributed by atoms with Crippen LogP contribution in [0.3, 0.4) is 0 Å². The SMILES string of the molecule is CCC(C)N(CC(=O)N(CCc1c[nH]c2ccccc12)Cc1ccc(N(C)C)cc1)C(=O)c1cc(OC)cc(OC)c1. The molecule has 1 N–H and O–H groups in total. The molecule has 8 heteroatoms. The molecule has 0 aliphatic rings. The van der Waals surface area contributed by atoms with E-state index in [1.54, 1.807) is 37.3 Å². The zero-order valence-electron chi connectivity index (χ0n) is 25.5. The average molecular weight is 571 g/mol.